The van der Waals surface area contributed by atoms with Crippen molar-refractivity contribution in [3.8, 4) is 0 Å². The van der Waals surface area contributed by atoms with Crippen molar-refractivity contribution < 1.29 is 9.52 Å². The first-order valence-electron chi connectivity index (χ1n) is 6.74. The van der Waals surface area contributed by atoms with Crippen molar-refractivity contribution in [2.24, 2.45) is 0 Å². The van der Waals surface area contributed by atoms with Gasteiger partial charge in [0, 0.05) is 28.5 Å². The predicted octanol–water partition coefficient (Wildman–Crippen LogP) is 2.51. The number of likely N-dealkylation sites (tertiary alicyclic amines) is 1. The molecule has 1 aliphatic heterocycles. The molecule has 0 spiro atoms. The Morgan fingerprint density at radius 1 is 1.40 bits per heavy atom. The summed E-state index contributed by atoms with van der Waals surface area (Å²) in [4.78, 5) is 13.9. The van der Waals surface area contributed by atoms with Crippen LogP contribution in [0.2, 0.25) is 0 Å². The minimum atomic E-state index is -0.328. The zero-order chi connectivity index (χ0) is 14.1. The molecule has 3 rings (SSSR count). The van der Waals surface area contributed by atoms with E-state index in [1.54, 1.807) is 6.07 Å². The molecule has 1 aromatic carbocycles. The van der Waals surface area contributed by atoms with E-state index in [2.05, 4.69) is 20.8 Å². The summed E-state index contributed by atoms with van der Waals surface area (Å²) < 4.78 is 6.14. The maximum absolute atomic E-state index is 11.7. The van der Waals surface area contributed by atoms with Gasteiger partial charge in [0.1, 0.15) is 5.58 Å². The largest absolute Gasteiger partial charge is 0.423 e. The van der Waals surface area contributed by atoms with E-state index in [0.29, 0.717) is 12.1 Å². The third kappa shape index (κ3) is 2.66. The molecule has 1 aliphatic rings. The highest BCUT2D eigenvalue weighted by atomic mass is 79.9. The molecule has 106 valence electrons. The molecule has 0 saturated carbocycles. The Morgan fingerprint density at radius 2 is 2.25 bits per heavy atom. The number of fused-ring (bicyclic) bond motifs is 1. The fraction of sp³-hybridized carbons (Fsp3) is 0.400. The molecule has 1 atom stereocenters. The van der Waals surface area contributed by atoms with Crippen LogP contribution in [0.25, 0.3) is 11.0 Å². The quantitative estimate of drug-likeness (QED) is 0.874. The number of nitrogens with zero attached hydrogens (tertiary/aromatic N) is 1. The molecule has 20 heavy (non-hydrogen) atoms. The first-order valence-corrected chi connectivity index (χ1v) is 7.54. The van der Waals surface area contributed by atoms with Gasteiger partial charge in [0.05, 0.1) is 6.61 Å². The number of rotatable bonds is 3. The van der Waals surface area contributed by atoms with Crippen LogP contribution in [-0.4, -0.2) is 29.2 Å². The highest BCUT2D eigenvalue weighted by molar-refractivity contribution is 9.10. The molecular weight excluding hydrogens is 322 g/mol. The molecule has 0 unspecified atom stereocenters. The first-order chi connectivity index (χ1) is 9.67. The highest BCUT2D eigenvalue weighted by Crippen LogP contribution is 2.25. The van der Waals surface area contributed by atoms with Crippen molar-refractivity contribution in [3.05, 3.63) is 44.7 Å². The molecule has 5 heteroatoms. The van der Waals surface area contributed by atoms with Crippen molar-refractivity contribution in [2.45, 2.75) is 25.4 Å². The monoisotopic (exact) mass is 337 g/mol. The number of aliphatic hydroxyl groups excluding tert-OH is 1. The van der Waals surface area contributed by atoms with Crippen molar-refractivity contribution >= 4 is 26.9 Å². The Hall–Kier alpha value is -1.17. The summed E-state index contributed by atoms with van der Waals surface area (Å²) >= 11 is 3.38. The van der Waals surface area contributed by atoms with Gasteiger partial charge < -0.3 is 9.52 Å². The zero-order valence-electron chi connectivity index (χ0n) is 11.0. The number of aliphatic hydroxyl groups is 1. The average molecular weight is 338 g/mol. The van der Waals surface area contributed by atoms with E-state index in [0.717, 1.165) is 34.8 Å². The fourth-order valence-corrected chi connectivity index (χ4v) is 3.20. The molecule has 4 nitrogen and oxygen atoms in total. The van der Waals surface area contributed by atoms with Crippen LogP contribution in [0.3, 0.4) is 0 Å². The normalized spacial score (nSPS) is 19.8. The Morgan fingerprint density at radius 3 is 3.05 bits per heavy atom. The van der Waals surface area contributed by atoms with Crippen molar-refractivity contribution in [3.63, 3.8) is 0 Å². The minimum absolute atomic E-state index is 0.172. The lowest BCUT2D eigenvalue weighted by Gasteiger charge is -2.23. The van der Waals surface area contributed by atoms with E-state index < -0.39 is 0 Å². The van der Waals surface area contributed by atoms with Crippen molar-refractivity contribution in [1.82, 2.24) is 4.90 Å². The van der Waals surface area contributed by atoms with Crippen molar-refractivity contribution in [1.29, 1.82) is 0 Å². The molecule has 0 aliphatic carbocycles. The van der Waals surface area contributed by atoms with Gasteiger partial charge >= 0.3 is 5.63 Å². The number of hydrogen-bond acceptors (Lipinski definition) is 4. The smallest absolute Gasteiger partial charge is 0.336 e. The number of hydrogen-bond donors (Lipinski definition) is 1. The molecule has 2 heterocycles. The third-order valence-corrected chi connectivity index (χ3v) is 4.37. The van der Waals surface area contributed by atoms with E-state index >= 15 is 0 Å². The van der Waals surface area contributed by atoms with Gasteiger partial charge in [0.2, 0.25) is 0 Å². The van der Waals surface area contributed by atoms with E-state index in [-0.39, 0.29) is 18.3 Å². The summed E-state index contributed by atoms with van der Waals surface area (Å²) in [5, 5.41) is 10.3. The Bertz CT molecular complexity index is 682. The molecule has 1 aromatic heterocycles. The second-order valence-corrected chi connectivity index (χ2v) is 6.10. The zero-order valence-corrected chi connectivity index (χ0v) is 12.6. The van der Waals surface area contributed by atoms with Gasteiger partial charge in [-0.1, -0.05) is 15.9 Å². The standard InChI is InChI=1S/C15H16BrNO3/c16-11-3-4-13-10(6-15(19)20-14(13)7-11)8-17-5-1-2-12(17)9-18/h3-4,6-7,12,18H,1-2,5,8-9H2/t12-/m1/s1. The second-order valence-electron chi connectivity index (χ2n) is 5.18. The maximum Gasteiger partial charge on any atom is 0.336 e. The predicted molar refractivity (Wildman–Crippen MR) is 80.7 cm³/mol. The molecule has 1 fully saturated rings. The van der Waals surface area contributed by atoms with Crippen molar-refractivity contribution in [2.75, 3.05) is 13.2 Å². The van der Waals surface area contributed by atoms with Crippen LogP contribution < -0.4 is 5.63 Å². The highest BCUT2D eigenvalue weighted by Gasteiger charge is 2.24. The van der Waals surface area contributed by atoms with Crippen LogP contribution in [0.15, 0.2) is 37.9 Å². The van der Waals surface area contributed by atoms with E-state index in [1.165, 1.54) is 0 Å². The van der Waals surface area contributed by atoms with Crippen LogP contribution >= 0.6 is 15.9 Å². The summed E-state index contributed by atoms with van der Waals surface area (Å²) in [5.41, 5.74) is 1.23. The Balaban J connectivity index is 2.00. The van der Waals surface area contributed by atoms with Gasteiger partial charge in [-0.05, 0) is 43.1 Å². The molecule has 0 amide bonds. The lowest BCUT2D eigenvalue weighted by atomic mass is 10.1. The van der Waals surface area contributed by atoms with Gasteiger partial charge in [-0.3, -0.25) is 4.90 Å². The van der Waals surface area contributed by atoms with Crippen LogP contribution in [0, 0.1) is 0 Å². The molecule has 2 aromatic rings. The third-order valence-electron chi connectivity index (χ3n) is 3.88. The Labute approximate surface area is 125 Å². The molecule has 1 N–H and O–H groups in total. The lowest BCUT2D eigenvalue weighted by Crippen LogP contribution is -2.31. The minimum Gasteiger partial charge on any atom is -0.423 e. The average Bonchev–Trinajstić information content (AvgIpc) is 2.85. The van der Waals surface area contributed by atoms with Crippen LogP contribution in [-0.2, 0) is 6.54 Å². The van der Waals surface area contributed by atoms with Gasteiger partial charge in [-0.15, -0.1) is 0 Å². The summed E-state index contributed by atoms with van der Waals surface area (Å²) in [6.07, 6.45) is 2.11. The van der Waals surface area contributed by atoms with Gasteiger partial charge in [-0.2, -0.15) is 0 Å². The fourth-order valence-electron chi connectivity index (χ4n) is 2.86. The van der Waals surface area contributed by atoms with Crippen LogP contribution in [0.5, 0.6) is 0 Å². The number of halogens is 1. The summed E-state index contributed by atoms with van der Waals surface area (Å²) in [7, 11) is 0. The lowest BCUT2D eigenvalue weighted by molar-refractivity contribution is 0.154. The van der Waals surface area contributed by atoms with Gasteiger partial charge in [-0.25, -0.2) is 4.79 Å². The molecule has 0 radical (unpaired) electrons. The van der Waals surface area contributed by atoms with Crippen LogP contribution in [0.1, 0.15) is 18.4 Å². The molecule has 1 saturated heterocycles. The van der Waals surface area contributed by atoms with E-state index in [1.807, 2.05) is 18.2 Å². The summed E-state index contributed by atoms with van der Waals surface area (Å²) in [6, 6.07) is 7.48. The Kier molecular flexibility index (Phi) is 3.92. The maximum atomic E-state index is 11.7. The SMILES string of the molecule is O=c1cc(CN2CCC[C@@H]2CO)c2ccc(Br)cc2o1. The van der Waals surface area contributed by atoms with Gasteiger partial charge in [0.15, 0.2) is 0 Å². The molecular formula is C15H16BrNO3. The summed E-state index contributed by atoms with van der Waals surface area (Å²) in [5.74, 6) is 0. The van der Waals surface area contributed by atoms with E-state index in [4.69, 9.17) is 4.42 Å². The molecule has 0 bridgehead atoms. The van der Waals surface area contributed by atoms with Gasteiger partial charge in [0.25, 0.3) is 0 Å². The second kappa shape index (κ2) is 5.68. The topological polar surface area (TPSA) is 53.7 Å². The first kappa shape index (κ1) is 13.8. The summed E-state index contributed by atoms with van der Waals surface area (Å²) in [6.45, 7) is 1.81. The van der Waals surface area contributed by atoms with Crippen LogP contribution in [0.4, 0.5) is 0 Å². The van der Waals surface area contributed by atoms with E-state index in [9.17, 15) is 9.90 Å². The number of benzene rings is 1.